The SMILES string of the molecule is O=C(CN1C(=O)C2CCCCC2C1=O)OCc1cc(F)cc2c1OC(c1ccccc1)OC2. The van der Waals surface area contributed by atoms with E-state index in [1.165, 1.54) is 12.1 Å². The number of ether oxygens (including phenoxy) is 3. The third-order valence-corrected chi connectivity index (χ3v) is 6.50. The van der Waals surface area contributed by atoms with Crippen molar-refractivity contribution in [1.29, 1.82) is 0 Å². The molecule has 7 nitrogen and oxygen atoms in total. The highest BCUT2D eigenvalue weighted by atomic mass is 19.1. The van der Waals surface area contributed by atoms with Crippen LogP contribution in [0, 0.1) is 17.7 Å². The molecule has 0 aromatic heterocycles. The number of hydrogen-bond acceptors (Lipinski definition) is 6. The second kappa shape index (κ2) is 8.94. The Bertz CT molecular complexity index is 1060. The summed E-state index contributed by atoms with van der Waals surface area (Å²) in [5, 5.41) is 0. The number of imide groups is 1. The molecule has 1 saturated heterocycles. The zero-order chi connectivity index (χ0) is 22.9. The van der Waals surface area contributed by atoms with Crippen LogP contribution in [0.4, 0.5) is 4.39 Å². The number of nitrogens with zero attached hydrogens (tertiary/aromatic N) is 1. The second-order valence-corrected chi connectivity index (χ2v) is 8.65. The molecule has 33 heavy (non-hydrogen) atoms. The first-order chi connectivity index (χ1) is 16.0. The lowest BCUT2D eigenvalue weighted by Gasteiger charge is -2.28. The van der Waals surface area contributed by atoms with Gasteiger partial charge in [-0.1, -0.05) is 43.2 Å². The van der Waals surface area contributed by atoms with Crippen LogP contribution in [0.2, 0.25) is 0 Å². The zero-order valence-corrected chi connectivity index (χ0v) is 18.0. The van der Waals surface area contributed by atoms with Crippen LogP contribution in [0.25, 0.3) is 0 Å². The van der Waals surface area contributed by atoms with Crippen molar-refractivity contribution in [2.45, 2.75) is 45.2 Å². The molecule has 2 aliphatic heterocycles. The van der Waals surface area contributed by atoms with Gasteiger partial charge >= 0.3 is 5.97 Å². The smallest absolute Gasteiger partial charge is 0.326 e. The summed E-state index contributed by atoms with van der Waals surface area (Å²) in [6, 6.07) is 11.9. The van der Waals surface area contributed by atoms with Gasteiger partial charge in [0, 0.05) is 16.7 Å². The van der Waals surface area contributed by atoms with E-state index in [2.05, 4.69) is 0 Å². The normalized spacial score (nSPS) is 24.2. The van der Waals surface area contributed by atoms with Gasteiger partial charge in [-0.2, -0.15) is 0 Å². The maximum absolute atomic E-state index is 14.2. The van der Waals surface area contributed by atoms with Crippen molar-refractivity contribution in [1.82, 2.24) is 4.90 Å². The molecule has 3 unspecified atom stereocenters. The Balaban J connectivity index is 1.27. The van der Waals surface area contributed by atoms with E-state index in [0.717, 1.165) is 23.3 Å². The van der Waals surface area contributed by atoms with Crippen molar-refractivity contribution in [2.24, 2.45) is 11.8 Å². The molecule has 5 rings (SSSR count). The maximum Gasteiger partial charge on any atom is 0.326 e. The lowest BCUT2D eigenvalue weighted by Crippen LogP contribution is -2.36. The van der Waals surface area contributed by atoms with E-state index in [1.807, 2.05) is 30.3 Å². The molecule has 2 heterocycles. The summed E-state index contributed by atoms with van der Waals surface area (Å²) in [6.07, 6.45) is 2.52. The topological polar surface area (TPSA) is 82.1 Å². The molecule has 0 bridgehead atoms. The van der Waals surface area contributed by atoms with Crippen LogP contribution < -0.4 is 4.74 Å². The predicted molar refractivity (Wildman–Crippen MR) is 113 cm³/mol. The van der Waals surface area contributed by atoms with Crippen LogP contribution in [-0.2, 0) is 37.1 Å². The van der Waals surface area contributed by atoms with E-state index in [4.69, 9.17) is 14.2 Å². The molecule has 0 N–H and O–H groups in total. The molecule has 2 fully saturated rings. The monoisotopic (exact) mass is 453 g/mol. The van der Waals surface area contributed by atoms with Crippen molar-refractivity contribution in [3.8, 4) is 5.75 Å². The molecule has 0 radical (unpaired) electrons. The minimum absolute atomic E-state index is 0.146. The second-order valence-electron chi connectivity index (χ2n) is 8.65. The molecule has 172 valence electrons. The van der Waals surface area contributed by atoms with Crippen LogP contribution >= 0.6 is 0 Å². The van der Waals surface area contributed by atoms with Gasteiger partial charge in [-0.05, 0) is 25.0 Å². The minimum Gasteiger partial charge on any atom is -0.460 e. The number of carbonyl (C=O) groups excluding carboxylic acids is 3. The molecule has 1 saturated carbocycles. The van der Waals surface area contributed by atoms with Crippen molar-refractivity contribution in [3.63, 3.8) is 0 Å². The lowest BCUT2D eigenvalue weighted by atomic mass is 9.81. The molecule has 1 aliphatic carbocycles. The number of hydrogen-bond donors (Lipinski definition) is 0. The number of fused-ring (bicyclic) bond motifs is 2. The average Bonchev–Trinajstić information content (AvgIpc) is 3.07. The van der Waals surface area contributed by atoms with Gasteiger partial charge in [0.25, 0.3) is 0 Å². The summed E-state index contributed by atoms with van der Waals surface area (Å²) in [5.41, 5.74) is 1.68. The lowest BCUT2D eigenvalue weighted by molar-refractivity contribution is -0.154. The number of halogens is 1. The van der Waals surface area contributed by atoms with Crippen LogP contribution in [0.1, 0.15) is 48.7 Å². The van der Waals surface area contributed by atoms with Crippen LogP contribution in [-0.4, -0.2) is 29.2 Å². The Morgan fingerprint density at radius 1 is 1.06 bits per heavy atom. The molecule has 3 aliphatic rings. The Labute approximate surface area is 190 Å². The quantitative estimate of drug-likeness (QED) is 0.508. The van der Waals surface area contributed by atoms with Crippen LogP contribution in [0.3, 0.4) is 0 Å². The fourth-order valence-electron chi connectivity index (χ4n) is 4.88. The molecule has 0 spiro atoms. The number of likely N-dealkylation sites (tertiary alicyclic amines) is 1. The van der Waals surface area contributed by atoms with Crippen LogP contribution in [0.15, 0.2) is 42.5 Å². The predicted octanol–water partition coefficient (Wildman–Crippen LogP) is 3.65. The Kier molecular flexibility index (Phi) is 5.85. The number of esters is 1. The van der Waals surface area contributed by atoms with E-state index >= 15 is 0 Å². The van der Waals surface area contributed by atoms with Crippen molar-refractivity contribution >= 4 is 17.8 Å². The highest BCUT2D eigenvalue weighted by Crippen LogP contribution is 2.39. The van der Waals surface area contributed by atoms with Gasteiger partial charge in [-0.3, -0.25) is 19.3 Å². The highest BCUT2D eigenvalue weighted by molar-refractivity contribution is 6.07. The van der Waals surface area contributed by atoms with Crippen molar-refractivity contribution in [3.05, 3.63) is 65.0 Å². The molecule has 3 atom stereocenters. The fourth-order valence-corrected chi connectivity index (χ4v) is 4.88. The summed E-state index contributed by atoms with van der Waals surface area (Å²) in [6.45, 7) is -0.532. The summed E-state index contributed by atoms with van der Waals surface area (Å²) in [5.74, 6) is -2.05. The van der Waals surface area contributed by atoms with E-state index < -0.39 is 24.6 Å². The van der Waals surface area contributed by atoms with Gasteiger partial charge in [0.2, 0.25) is 18.1 Å². The fraction of sp³-hybridized carbons (Fsp3) is 0.400. The average molecular weight is 453 g/mol. The molecular weight excluding hydrogens is 429 g/mol. The highest BCUT2D eigenvalue weighted by Gasteiger charge is 2.48. The Morgan fingerprint density at radius 3 is 2.45 bits per heavy atom. The first-order valence-corrected chi connectivity index (χ1v) is 11.2. The zero-order valence-electron chi connectivity index (χ0n) is 18.0. The third kappa shape index (κ3) is 4.23. The number of amides is 2. The Morgan fingerprint density at radius 2 is 1.76 bits per heavy atom. The summed E-state index contributed by atoms with van der Waals surface area (Å²) in [4.78, 5) is 38.7. The summed E-state index contributed by atoms with van der Waals surface area (Å²) < 4.78 is 31.2. The minimum atomic E-state index is -0.722. The van der Waals surface area contributed by atoms with Gasteiger partial charge in [0.1, 0.15) is 24.7 Å². The Hall–Kier alpha value is -3.26. The molecule has 2 aromatic rings. The maximum atomic E-state index is 14.2. The largest absolute Gasteiger partial charge is 0.460 e. The molecule has 8 heteroatoms. The summed E-state index contributed by atoms with van der Waals surface area (Å²) in [7, 11) is 0. The van der Waals surface area contributed by atoms with Crippen molar-refractivity contribution < 1.29 is 33.0 Å². The summed E-state index contributed by atoms with van der Waals surface area (Å²) >= 11 is 0. The van der Waals surface area contributed by atoms with Gasteiger partial charge in [0.05, 0.1) is 18.4 Å². The van der Waals surface area contributed by atoms with Crippen LogP contribution in [0.5, 0.6) is 5.75 Å². The number of carbonyl (C=O) groups is 3. The van der Waals surface area contributed by atoms with E-state index in [0.29, 0.717) is 29.7 Å². The first-order valence-electron chi connectivity index (χ1n) is 11.2. The molecular formula is C25H24FNO6. The van der Waals surface area contributed by atoms with Crippen molar-refractivity contribution in [2.75, 3.05) is 6.54 Å². The van der Waals surface area contributed by atoms with Gasteiger partial charge in [-0.15, -0.1) is 0 Å². The molecule has 2 amide bonds. The van der Waals surface area contributed by atoms with Gasteiger partial charge < -0.3 is 14.2 Å². The van der Waals surface area contributed by atoms with Gasteiger partial charge in [0.15, 0.2) is 0 Å². The first kappa shape index (κ1) is 21.6. The van der Waals surface area contributed by atoms with Gasteiger partial charge in [-0.25, -0.2) is 4.39 Å². The number of rotatable bonds is 5. The van der Waals surface area contributed by atoms with E-state index in [-0.39, 0.29) is 36.9 Å². The standard InChI is InChI=1S/C25H24FNO6/c26-18-10-16(22-17(11-18)14-32-25(33-22)15-6-2-1-3-7-15)13-31-21(28)12-27-23(29)19-8-4-5-9-20(19)24(27)30/h1-3,6-7,10-11,19-20,25H,4-5,8-9,12-14H2. The van der Waals surface area contributed by atoms with E-state index in [1.54, 1.807) is 0 Å². The number of benzene rings is 2. The molecule has 2 aromatic carbocycles. The van der Waals surface area contributed by atoms with E-state index in [9.17, 15) is 18.8 Å². The third-order valence-electron chi connectivity index (χ3n) is 6.50.